The van der Waals surface area contributed by atoms with E-state index in [0.29, 0.717) is 11.4 Å². The van der Waals surface area contributed by atoms with Gasteiger partial charge in [-0.2, -0.15) is 0 Å². The van der Waals surface area contributed by atoms with Gasteiger partial charge in [0, 0.05) is 16.0 Å². The van der Waals surface area contributed by atoms with Gasteiger partial charge in [0.15, 0.2) is 0 Å². The molecule has 124 valence electrons. The summed E-state index contributed by atoms with van der Waals surface area (Å²) in [6.07, 6.45) is 3.16. The fraction of sp³-hybridized carbons (Fsp3) is 0.250. The van der Waals surface area contributed by atoms with Crippen molar-refractivity contribution in [3.8, 4) is 0 Å². The van der Waals surface area contributed by atoms with Crippen LogP contribution in [0.25, 0.3) is 0 Å². The van der Waals surface area contributed by atoms with E-state index in [1.807, 2.05) is 19.1 Å². The number of methoxy groups -OCH3 is 2. The van der Waals surface area contributed by atoms with Gasteiger partial charge in [0.1, 0.15) is 11.4 Å². The summed E-state index contributed by atoms with van der Waals surface area (Å²) >= 11 is 2.11. The Hall–Kier alpha value is -2.03. The molecule has 0 saturated heterocycles. The van der Waals surface area contributed by atoms with Crippen LogP contribution in [0.4, 0.5) is 0 Å². The van der Waals surface area contributed by atoms with E-state index < -0.39 is 11.9 Å². The van der Waals surface area contributed by atoms with Gasteiger partial charge < -0.3 is 9.47 Å². The highest BCUT2D eigenvalue weighted by atomic mass is 127. The first kappa shape index (κ1) is 21.0. The van der Waals surface area contributed by atoms with Crippen molar-refractivity contribution in [2.75, 3.05) is 14.2 Å². The second-order valence-corrected chi connectivity index (χ2v) is 5.31. The average Bonchev–Trinajstić information content (AvgIpc) is 2.54. The van der Waals surface area contributed by atoms with E-state index in [4.69, 9.17) is 0 Å². The Morgan fingerprint density at radius 1 is 0.957 bits per heavy atom. The number of hydrogen-bond donors (Lipinski definition) is 0. The number of hydrogen-bond acceptors (Lipinski definition) is 6. The fourth-order valence-corrected chi connectivity index (χ4v) is 1.83. The van der Waals surface area contributed by atoms with Gasteiger partial charge >= 0.3 is 11.9 Å². The zero-order chi connectivity index (χ0) is 16.5. The van der Waals surface area contributed by atoms with Crippen molar-refractivity contribution in [3.05, 3.63) is 57.2 Å². The Kier molecular flexibility index (Phi) is 9.71. The molecule has 2 heterocycles. The number of aromatic nitrogens is 2. The number of aryl methyl sites for hydroxylation is 1. The zero-order valence-electron chi connectivity index (χ0n) is 12.4. The molecule has 0 amide bonds. The van der Waals surface area contributed by atoms with E-state index in [1.54, 1.807) is 24.5 Å². The van der Waals surface area contributed by atoms with Crippen molar-refractivity contribution in [3.63, 3.8) is 0 Å². The van der Waals surface area contributed by atoms with Gasteiger partial charge in [-0.1, -0.05) is 7.43 Å². The van der Waals surface area contributed by atoms with Crippen LogP contribution in [0.1, 0.15) is 34.0 Å². The molecule has 0 aliphatic carbocycles. The molecule has 2 rings (SSSR count). The molecule has 0 N–H and O–H groups in total. The summed E-state index contributed by atoms with van der Waals surface area (Å²) < 4.78 is 9.95. The van der Waals surface area contributed by atoms with Gasteiger partial charge in [-0.05, 0) is 59.3 Å². The largest absolute Gasteiger partial charge is 0.464 e. The van der Waals surface area contributed by atoms with Gasteiger partial charge in [-0.25, -0.2) is 19.6 Å². The van der Waals surface area contributed by atoms with Crippen molar-refractivity contribution in [2.24, 2.45) is 0 Å². The number of halogens is 1. The summed E-state index contributed by atoms with van der Waals surface area (Å²) in [5.41, 5.74) is 1.70. The van der Waals surface area contributed by atoms with Crippen molar-refractivity contribution < 1.29 is 19.1 Å². The molecule has 23 heavy (non-hydrogen) atoms. The summed E-state index contributed by atoms with van der Waals surface area (Å²) in [7, 11) is 2.68. The number of carbonyl (C=O) groups excluding carboxylic acids is 2. The molecule has 0 fully saturated rings. The van der Waals surface area contributed by atoms with Crippen LogP contribution in [-0.4, -0.2) is 36.1 Å². The molecule has 0 bridgehead atoms. The molecule has 0 aromatic carbocycles. The lowest BCUT2D eigenvalue weighted by Crippen LogP contribution is -2.03. The van der Waals surface area contributed by atoms with Gasteiger partial charge in [0.25, 0.3) is 0 Å². The predicted octanol–water partition coefficient (Wildman–Crippen LogP) is 3.29. The van der Waals surface area contributed by atoms with Crippen LogP contribution in [0.2, 0.25) is 0 Å². The zero-order valence-corrected chi connectivity index (χ0v) is 14.5. The molecule has 6 nitrogen and oxygen atoms in total. The molecular weight excluding hydrogens is 411 g/mol. The number of rotatable bonds is 2. The first-order chi connectivity index (χ1) is 10.5. The van der Waals surface area contributed by atoms with Gasteiger partial charge in [0.05, 0.1) is 14.2 Å². The normalized spacial score (nSPS) is 8.87. The lowest BCUT2D eigenvalue weighted by Gasteiger charge is -1.97. The third-order valence-corrected chi connectivity index (χ3v) is 3.10. The molecular formula is C16H19IN2O4. The molecule has 0 spiro atoms. The summed E-state index contributed by atoms with van der Waals surface area (Å²) in [6, 6.07) is 7.00. The number of esters is 2. The van der Waals surface area contributed by atoms with E-state index in [1.165, 1.54) is 14.2 Å². The first-order valence-electron chi connectivity index (χ1n) is 6.18. The number of pyridine rings is 2. The first-order valence-corrected chi connectivity index (χ1v) is 7.26. The maximum absolute atomic E-state index is 10.9. The van der Waals surface area contributed by atoms with E-state index in [0.717, 1.165) is 9.13 Å². The second-order valence-electron chi connectivity index (χ2n) is 4.06. The number of nitrogens with zero attached hydrogens (tertiary/aromatic N) is 2. The van der Waals surface area contributed by atoms with Crippen LogP contribution >= 0.6 is 22.6 Å². The number of carbonyl (C=O) groups is 2. The Labute approximate surface area is 149 Å². The van der Waals surface area contributed by atoms with Gasteiger partial charge in [-0.3, -0.25) is 0 Å². The van der Waals surface area contributed by atoms with Gasteiger partial charge in [0.2, 0.25) is 0 Å². The van der Waals surface area contributed by atoms with E-state index in [-0.39, 0.29) is 7.43 Å². The predicted molar refractivity (Wildman–Crippen MR) is 95.3 cm³/mol. The second kappa shape index (κ2) is 10.7. The Balaban J connectivity index is 0.000000403. The standard InChI is InChI=1S/C8H9NO2.C7H6INO2.CH4/c1-6-3-4-9-7(5-6)8(10)11-2;1-11-7(10)6-4-5(8)2-3-9-6;/h3-5H,1-2H3;2-4H,1H3;1H4. The maximum Gasteiger partial charge on any atom is 0.356 e. The Bertz CT molecular complexity index is 605. The van der Waals surface area contributed by atoms with Crippen LogP contribution in [0.5, 0.6) is 0 Å². The molecule has 0 radical (unpaired) electrons. The molecule has 0 aliphatic heterocycles. The smallest absolute Gasteiger partial charge is 0.356 e. The van der Waals surface area contributed by atoms with Crippen LogP contribution in [0, 0.1) is 10.5 Å². The minimum Gasteiger partial charge on any atom is -0.464 e. The molecule has 0 unspecified atom stereocenters. The lowest BCUT2D eigenvalue weighted by atomic mass is 10.2. The monoisotopic (exact) mass is 430 g/mol. The summed E-state index contributed by atoms with van der Waals surface area (Å²) in [5, 5.41) is 0. The maximum atomic E-state index is 10.9. The Morgan fingerprint density at radius 3 is 1.87 bits per heavy atom. The SMILES string of the molecule is C.COC(=O)c1cc(C)ccn1.COC(=O)c1cc(I)ccn1. The van der Waals surface area contributed by atoms with Crippen molar-refractivity contribution in [1.29, 1.82) is 0 Å². The highest BCUT2D eigenvalue weighted by molar-refractivity contribution is 14.1. The van der Waals surface area contributed by atoms with E-state index in [2.05, 4.69) is 42.0 Å². The van der Waals surface area contributed by atoms with E-state index in [9.17, 15) is 9.59 Å². The highest BCUT2D eigenvalue weighted by Crippen LogP contribution is 2.05. The third-order valence-electron chi connectivity index (χ3n) is 2.43. The summed E-state index contributed by atoms with van der Waals surface area (Å²) in [5.74, 6) is -0.794. The third kappa shape index (κ3) is 7.18. The summed E-state index contributed by atoms with van der Waals surface area (Å²) in [4.78, 5) is 29.4. The van der Waals surface area contributed by atoms with Gasteiger partial charge in [-0.15, -0.1) is 0 Å². The average molecular weight is 430 g/mol. The lowest BCUT2D eigenvalue weighted by molar-refractivity contribution is 0.0585. The summed E-state index contributed by atoms with van der Waals surface area (Å²) in [6.45, 7) is 1.90. The van der Waals surface area contributed by atoms with Crippen molar-refractivity contribution in [1.82, 2.24) is 9.97 Å². The van der Waals surface area contributed by atoms with Crippen molar-refractivity contribution >= 4 is 34.5 Å². The van der Waals surface area contributed by atoms with E-state index >= 15 is 0 Å². The van der Waals surface area contributed by atoms with Crippen LogP contribution in [-0.2, 0) is 9.47 Å². The minimum absolute atomic E-state index is 0. The molecule has 0 aliphatic rings. The van der Waals surface area contributed by atoms with Crippen LogP contribution in [0.15, 0.2) is 36.7 Å². The van der Waals surface area contributed by atoms with Crippen LogP contribution in [0.3, 0.4) is 0 Å². The molecule has 0 atom stereocenters. The topological polar surface area (TPSA) is 78.4 Å². The molecule has 7 heteroatoms. The number of ether oxygens (including phenoxy) is 2. The highest BCUT2D eigenvalue weighted by Gasteiger charge is 2.05. The van der Waals surface area contributed by atoms with Crippen LogP contribution < -0.4 is 0 Å². The molecule has 0 saturated carbocycles. The van der Waals surface area contributed by atoms with Crippen molar-refractivity contribution in [2.45, 2.75) is 14.4 Å². The molecule has 2 aromatic rings. The minimum atomic E-state index is -0.400. The quantitative estimate of drug-likeness (QED) is 0.538. The Morgan fingerprint density at radius 2 is 1.43 bits per heavy atom. The fourth-order valence-electron chi connectivity index (χ4n) is 1.37. The molecule has 2 aromatic heterocycles.